The fourth-order valence-electron chi connectivity index (χ4n) is 0.504. The first kappa shape index (κ1) is 12.1. The van der Waals surface area contributed by atoms with Crippen LogP contribution in [0.4, 0.5) is 0 Å². The summed E-state index contributed by atoms with van der Waals surface area (Å²) < 4.78 is 4.40. The number of ether oxygens (including phenoxy) is 1. The van der Waals surface area contributed by atoms with E-state index >= 15 is 0 Å². The number of halogens is 1. The molecule has 0 bridgehead atoms. The van der Waals surface area contributed by atoms with E-state index in [1.54, 1.807) is 0 Å². The lowest BCUT2D eigenvalue weighted by molar-refractivity contribution is -0.142. The van der Waals surface area contributed by atoms with Gasteiger partial charge in [-0.2, -0.15) is 0 Å². The van der Waals surface area contributed by atoms with Crippen LogP contribution in [-0.4, -0.2) is 19.3 Å². The minimum atomic E-state index is -0.352. The number of esters is 1. The molecular formula is C6H12ClNO2. The predicted octanol–water partition coefficient (Wildman–Crippen LogP) is 1.26. The highest BCUT2D eigenvalue weighted by molar-refractivity contribution is 5.88. The average molecular weight is 166 g/mol. The maximum Gasteiger partial charge on any atom is 0.314 e. The monoisotopic (exact) mass is 165 g/mol. The molecule has 0 rings (SSSR count). The molecule has 60 valence electrons. The quantitative estimate of drug-likeness (QED) is 0.506. The molecule has 0 aliphatic heterocycles. The van der Waals surface area contributed by atoms with Gasteiger partial charge in [-0.3, -0.25) is 4.79 Å². The van der Waals surface area contributed by atoms with Crippen molar-refractivity contribution in [2.75, 3.05) is 7.11 Å². The van der Waals surface area contributed by atoms with Gasteiger partial charge in [-0.1, -0.05) is 6.92 Å². The maximum atomic E-state index is 10.6. The summed E-state index contributed by atoms with van der Waals surface area (Å²) in [5.74, 6) is -0.678. The number of hydrogen-bond acceptors (Lipinski definition) is 3. The highest BCUT2D eigenvalue weighted by atomic mass is 35.5. The highest BCUT2D eigenvalue weighted by Gasteiger charge is 2.12. The van der Waals surface area contributed by atoms with E-state index in [1.807, 2.05) is 6.92 Å². The summed E-state index contributed by atoms with van der Waals surface area (Å²) in [5, 5.41) is 6.77. The Bertz CT molecular complexity index is 116. The Balaban J connectivity index is 0. The fourth-order valence-corrected chi connectivity index (χ4v) is 0.504. The molecule has 1 N–H and O–H groups in total. The third kappa shape index (κ3) is 3.45. The molecule has 4 heteroatoms. The summed E-state index contributed by atoms with van der Waals surface area (Å²) >= 11 is 0. The zero-order chi connectivity index (χ0) is 7.28. The van der Waals surface area contributed by atoms with Crippen molar-refractivity contribution in [1.29, 1.82) is 5.41 Å². The molecule has 0 aliphatic rings. The summed E-state index contributed by atoms with van der Waals surface area (Å²) in [5.41, 5.74) is 0. The van der Waals surface area contributed by atoms with Gasteiger partial charge in [-0.05, 0) is 6.42 Å². The van der Waals surface area contributed by atoms with Gasteiger partial charge >= 0.3 is 5.97 Å². The topological polar surface area (TPSA) is 50.2 Å². The Morgan fingerprint density at radius 2 is 2.30 bits per heavy atom. The lowest BCUT2D eigenvalue weighted by Gasteiger charge is -2.03. The molecule has 0 aliphatic carbocycles. The van der Waals surface area contributed by atoms with Crippen LogP contribution in [0, 0.1) is 11.3 Å². The summed E-state index contributed by atoms with van der Waals surface area (Å²) in [6.07, 6.45) is 1.74. The van der Waals surface area contributed by atoms with Crippen molar-refractivity contribution < 1.29 is 9.53 Å². The molecule has 0 aromatic heterocycles. The van der Waals surface area contributed by atoms with E-state index in [-0.39, 0.29) is 24.3 Å². The van der Waals surface area contributed by atoms with Crippen LogP contribution < -0.4 is 0 Å². The van der Waals surface area contributed by atoms with E-state index in [4.69, 9.17) is 5.41 Å². The molecule has 1 atom stereocenters. The van der Waals surface area contributed by atoms with E-state index in [9.17, 15) is 4.79 Å². The standard InChI is InChI=1S/C6H11NO2.ClH/c1-3-5(4-7)6(8)9-2;/h4-5,7H,3H2,1-2H3;1H/t5-;/m0./s1. The van der Waals surface area contributed by atoms with Crippen LogP contribution in [0.1, 0.15) is 13.3 Å². The second-order valence-electron chi connectivity index (χ2n) is 1.70. The first-order valence-corrected chi connectivity index (χ1v) is 2.84. The second kappa shape index (κ2) is 6.55. The van der Waals surface area contributed by atoms with Gasteiger partial charge in [0.25, 0.3) is 0 Å². The number of methoxy groups -OCH3 is 1. The number of nitrogens with one attached hydrogen (secondary N) is 1. The van der Waals surface area contributed by atoms with Crippen LogP contribution in [0.25, 0.3) is 0 Å². The van der Waals surface area contributed by atoms with Crippen molar-refractivity contribution in [2.24, 2.45) is 5.92 Å². The molecule has 10 heavy (non-hydrogen) atoms. The van der Waals surface area contributed by atoms with Crippen molar-refractivity contribution in [3.05, 3.63) is 0 Å². The van der Waals surface area contributed by atoms with Gasteiger partial charge in [0.05, 0.1) is 13.0 Å². The van der Waals surface area contributed by atoms with Crippen LogP contribution in [0.5, 0.6) is 0 Å². The zero-order valence-electron chi connectivity index (χ0n) is 6.09. The van der Waals surface area contributed by atoms with Crippen LogP contribution in [0.3, 0.4) is 0 Å². The zero-order valence-corrected chi connectivity index (χ0v) is 6.90. The lowest BCUT2D eigenvalue weighted by Crippen LogP contribution is -2.15. The number of carbonyl (C=O) groups is 1. The Labute approximate surface area is 66.7 Å². The molecule has 0 amide bonds. The van der Waals surface area contributed by atoms with Gasteiger partial charge in [0.15, 0.2) is 0 Å². The van der Waals surface area contributed by atoms with E-state index in [2.05, 4.69) is 4.74 Å². The number of hydrogen-bond donors (Lipinski definition) is 1. The molecule has 0 unspecified atom stereocenters. The molecule has 0 saturated carbocycles. The molecule has 0 saturated heterocycles. The maximum absolute atomic E-state index is 10.6. The third-order valence-electron chi connectivity index (χ3n) is 1.14. The van der Waals surface area contributed by atoms with Gasteiger partial charge in [0.2, 0.25) is 0 Å². The van der Waals surface area contributed by atoms with E-state index in [0.717, 1.165) is 6.21 Å². The summed E-state index contributed by atoms with van der Waals surface area (Å²) in [6.45, 7) is 1.84. The first-order chi connectivity index (χ1) is 4.26. The van der Waals surface area contributed by atoms with Crippen LogP contribution >= 0.6 is 12.4 Å². The fraction of sp³-hybridized carbons (Fsp3) is 0.667. The van der Waals surface area contributed by atoms with Crippen LogP contribution in [0.15, 0.2) is 0 Å². The van der Waals surface area contributed by atoms with E-state index < -0.39 is 0 Å². The molecule has 0 aromatic rings. The molecule has 0 heterocycles. The van der Waals surface area contributed by atoms with Crippen LogP contribution in [0.2, 0.25) is 0 Å². The van der Waals surface area contributed by atoms with E-state index in [0.29, 0.717) is 6.42 Å². The van der Waals surface area contributed by atoms with Crippen LogP contribution in [-0.2, 0) is 9.53 Å². The Morgan fingerprint density at radius 1 is 1.80 bits per heavy atom. The van der Waals surface area contributed by atoms with Gasteiger partial charge in [-0.25, -0.2) is 0 Å². The second-order valence-corrected chi connectivity index (χ2v) is 1.70. The smallest absolute Gasteiger partial charge is 0.314 e. The van der Waals surface area contributed by atoms with Crippen molar-refractivity contribution in [3.8, 4) is 0 Å². The van der Waals surface area contributed by atoms with Gasteiger partial charge < -0.3 is 10.1 Å². The van der Waals surface area contributed by atoms with Gasteiger partial charge in [0, 0.05) is 6.21 Å². The third-order valence-corrected chi connectivity index (χ3v) is 1.14. The molecule has 3 nitrogen and oxygen atoms in total. The molecular weight excluding hydrogens is 154 g/mol. The van der Waals surface area contributed by atoms with Crippen molar-refractivity contribution >= 4 is 24.6 Å². The molecule has 0 spiro atoms. The van der Waals surface area contributed by atoms with Crippen molar-refractivity contribution in [3.63, 3.8) is 0 Å². The summed E-state index contributed by atoms with van der Waals surface area (Å²) in [4.78, 5) is 10.6. The molecule has 0 fully saturated rings. The Hall–Kier alpha value is -0.570. The Kier molecular flexibility index (Phi) is 7.95. The SMILES string of the molecule is CC[C@@H](C=N)C(=O)OC.Cl. The van der Waals surface area contributed by atoms with Gasteiger partial charge in [0.1, 0.15) is 0 Å². The van der Waals surface area contributed by atoms with Gasteiger partial charge in [-0.15, -0.1) is 12.4 Å². The normalized spacial score (nSPS) is 11.0. The first-order valence-electron chi connectivity index (χ1n) is 2.84. The number of rotatable bonds is 3. The minimum absolute atomic E-state index is 0. The predicted molar refractivity (Wildman–Crippen MR) is 41.8 cm³/mol. The summed E-state index contributed by atoms with van der Waals surface area (Å²) in [6, 6.07) is 0. The molecule has 0 radical (unpaired) electrons. The van der Waals surface area contributed by atoms with Crippen molar-refractivity contribution in [1.82, 2.24) is 0 Å². The lowest BCUT2D eigenvalue weighted by atomic mass is 10.1. The van der Waals surface area contributed by atoms with E-state index in [1.165, 1.54) is 7.11 Å². The largest absolute Gasteiger partial charge is 0.469 e. The molecule has 0 aromatic carbocycles. The minimum Gasteiger partial charge on any atom is -0.469 e. The number of carbonyl (C=O) groups excluding carboxylic acids is 1. The van der Waals surface area contributed by atoms with Crippen molar-refractivity contribution in [2.45, 2.75) is 13.3 Å². The highest BCUT2D eigenvalue weighted by Crippen LogP contribution is 1.99. The average Bonchev–Trinajstić information content (AvgIpc) is 1.90. The summed E-state index contributed by atoms with van der Waals surface area (Å²) in [7, 11) is 1.33. The Morgan fingerprint density at radius 3 is 2.40 bits per heavy atom.